The number of nitrogens with zero attached hydrogens (tertiary/aromatic N) is 1. The molecule has 0 aliphatic heterocycles. The van der Waals surface area contributed by atoms with Crippen LogP contribution in [0.5, 0.6) is 0 Å². The molecule has 0 rings (SSSR count). The number of hydrogen-bond donors (Lipinski definition) is 2. The number of hydrogen-bond acceptors (Lipinski definition) is 4. The first-order valence-electron chi connectivity index (χ1n) is 6.12. The van der Waals surface area contributed by atoms with E-state index in [0.29, 0.717) is 18.7 Å². The van der Waals surface area contributed by atoms with Crippen LogP contribution in [-0.2, 0) is 4.74 Å². The smallest absolute Gasteiger partial charge is 0.232 e. The molecule has 0 atom stereocenters. The average molecular weight is 273 g/mol. The van der Waals surface area contributed by atoms with E-state index in [4.69, 9.17) is 15.6 Å². The molecular formula is C13H27N3OS. The van der Waals surface area contributed by atoms with E-state index in [1.165, 1.54) is 12.8 Å². The van der Waals surface area contributed by atoms with Gasteiger partial charge in [0, 0.05) is 6.54 Å². The molecule has 0 radical (unpaired) electrons. The highest BCUT2D eigenvalue weighted by Crippen LogP contribution is 2.02. The summed E-state index contributed by atoms with van der Waals surface area (Å²) in [6.07, 6.45) is 4.45. The van der Waals surface area contributed by atoms with E-state index in [1.54, 1.807) is 0 Å². The molecule has 0 unspecified atom stereocenters. The fraction of sp³-hybridized carbons (Fsp3) is 0.692. The van der Waals surface area contributed by atoms with Gasteiger partial charge in [0.2, 0.25) is 5.90 Å². The van der Waals surface area contributed by atoms with Gasteiger partial charge in [-0.05, 0) is 26.1 Å². The first-order valence-corrected chi connectivity index (χ1v) is 6.12. The lowest BCUT2D eigenvalue weighted by molar-refractivity contribution is 0.295. The maximum atomic E-state index is 7.73. The third-order valence-electron chi connectivity index (χ3n) is 2.33. The van der Waals surface area contributed by atoms with Crippen molar-refractivity contribution in [3.8, 4) is 0 Å². The Morgan fingerprint density at radius 2 is 1.78 bits per heavy atom. The quantitative estimate of drug-likeness (QED) is 0.385. The maximum absolute atomic E-state index is 7.73. The summed E-state index contributed by atoms with van der Waals surface area (Å²) in [6, 6.07) is 0. The molecule has 0 saturated carbocycles. The van der Waals surface area contributed by atoms with Crippen molar-refractivity contribution in [3.63, 3.8) is 0 Å². The lowest BCUT2D eigenvalue weighted by atomic mass is 10.1. The van der Waals surface area contributed by atoms with E-state index >= 15 is 0 Å². The van der Waals surface area contributed by atoms with Crippen LogP contribution in [0.3, 0.4) is 0 Å². The van der Waals surface area contributed by atoms with Crippen LogP contribution in [0.1, 0.15) is 32.6 Å². The highest BCUT2D eigenvalue weighted by Gasteiger charge is 2.11. The maximum Gasteiger partial charge on any atom is 0.232 e. The molecule has 0 saturated heterocycles. The molecule has 4 nitrogen and oxygen atoms in total. The minimum atomic E-state index is -0.0617. The zero-order valence-corrected chi connectivity index (χ0v) is 12.8. The fourth-order valence-electron chi connectivity index (χ4n) is 1.40. The fourth-order valence-corrected chi connectivity index (χ4v) is 1.40. The Balaban J connectivity index is 0. The highest BCUT2D eigenvalue weighted by atomic mass is 32.1. The predicted octanol–water partition coefficient (Wildman–Crippen LogP) is 2.81. The lowest BCUT2D eigenvalue weighted by Crippen LogP contribution is -2.25. The summed E-state index contributed by atoms with van der Waals surface area (Å²) in [5.41, 5.74) is 0.725. The SMILES string of the molecule is C=C(CN(C)C)C(=N)C(=N)OCCCCCC.S. The number of rotatable bonds is 9. The van der Waals surface area contributed by atoms with Crippen LogP contribution in [0.4, 0.5) is 0 Å². The van der Waals surface area contributed by atoms with E-state index in [2.05, 4.69) is 13.5 Å². The Hall–Kier alpha value is -0.810. The van der Waals surface area contributed by atoms with Gasteiger partial charge in [-0.15, -0.1) is 0 Å². The first kappa shape index (κ1) is 19.5. The van der Waals surface area contributed by atoms with E-state index < -0.39 is 0 Å². The molecule has 0 amide bonds. The zero-order chi connectivity index (χ0) is 13.3. The summed E-state index contributed by atoms with van der Waals surface area (Å²) in [4.78, 5) is 1.92. The molecular weight excluding hydrogens is 246 g/mol. The summed E-state index contributed by atoms with van der Waals surface area (Å²) in [5.74, 6) is -0.0617. The van der Waals surface area contributed by atoms with Crippen molar-refractivity contribution in [3.05, 3.63) is 12.2 Å². The van der Waals surface area contributed by atoms with Crippen molar-refractivity contribution >= 4 is 25.1 Å². The van der Waals surface area contributed by atoms with E-state index in [-0.39, 0.29) is 25.1 Å². The molecule has 0 aromatic carbocycles. The molecule has 106 valence electrons. The molecule has 0 aliphatic carbocycles. The van der Waals surface area contributed by atoms with E-state index in [1.807, 2.05) is 19.0 Å². The molecule has 18 heavy (non-hydrogen) atoms. The Bertz CT molecular complexity index is 277. The number of unbranched alkanes of at least 4 members (excludes halogenated alkanes) is 3. The van der Waals surface area contributed by atoms with Gasteiger partial charge in [-0.25, -0.2) is 0 Å². The van der Waals surface area contributed by atoms with Gasteiger partial charge in [0.05, 0.1) is 6.61 Å². The van der Waals surface area contributed by atoms with Crippen molar-refractivity contribution in [2.24, 2.45) is 0 Å². The summed E-state index contributed by atoms with van der Waals surface area (Å²) in [7, 11) is 3.82. The molecule has 0 aliphatic rings. The van der Waals surface area contributed by atoms with Crippen molar-refractivity contribution in [2.75, 3.05) is 27.2 Å². The van der Waals surface area contributed by atoms with Crippen LogP contribution < -0.4 is 0 Å². The molecule has 5 heteroatoms. The Labute approximate surface area is 118 Å². The second-order valence-electron chi connectivity index (χ2n) is 4.45. The second kappa shape index (κ2) is 11.3. The minimum Gasteiger partial charge on any atom is -0.477 e. The van der Waals surface area contributed by atoms with E-state index in [9.17, 15) is 0 Å². The highest BCUT2D eigenvalue weighted by molar-refractivity contribution is 7.59. The van der Waals surface area contributed by atoms with Crippen molar-refractivity contribution in [1.29, 1.82) is 10.8 Å². The van der Waals surface area contributed by atoms with Gasteiger partial charge in [-0.2, -0.15) is 13.5 Å². The summed E-state index contributed by atoms with van der Waals surface area (Å²) < 4.78 is 5.23. The van der Waals surface area contributed by atoms with Gasteiger partial charge in [0.25, 0.3) is 0 Å². The summed E-state index contributed by atoms with van der Waals surface area (Å²) in [6.45, 7) is 7.05. The molecule has 0 aromatic rings. The number of ether oxygens (including phenoxy) is 1. The average Bonchev–Trinajstić information content (AvgIpc) is 2.26. The van der Waals surface area contributed by atoms with Crippen LogP contribution in [0.25, 0.3) is 0 Å². The third-order valence-corrected chi connectivity index (χ3v) is 2.33. The Morgan fingerprint density at radius 3 is 2.28 bits per heavy atom. The van der Waals surface area contributed by atoms with Crippen LogP contribution in [0, 0.1) is 10.8 Å². The van der Waals surface area contributed by atoms with Gasteiger partial charge in [-0.1, -0.05) is 32.8 Å². The first-order chi connectivity index (χ1) is 7.99. The van der Waals surface area contributed by atoms with Crippen LogP contribution in [0.15, 0.2) is 12.2 Å². The van der Waals surface area contributed by atoms with Crippen molar-refractivity contribution in [1.82, 2.24) is 4.90 Å². The lowest BCUT2D eigenvalue weighted by Gasteiger charge is -2.14. The van der Waals surface area contributed by atoms with Crippen LogP contribution in [-0.4, -0.2) is 43.8 Å². The minimum absolute atomic E-state index is 0. The molecule has 0 aromatic heterocycles. The Morgan fingerprint density at radius 1 is 1.17 bits per heavy atom. The molecule has 0 spiro atoms. The van der Waals surface area contributed by atoms with Gasteiger partial charge >= 0.3 is 0 Å². The predicted molar refractivity (Wildman–Crippen MR) is 83.6 cm³/mol. The summed E-state index contributed by atoms with van der Waals surface area (Å²) >= 11 is 0. The monoisotopic (exact) mass is 273 g/mol. The van der Waals surface area contributed by atoms with Gasteiger partial charge < -0.3 is 9.64 Å². The number of nitrogens with one attached hydrogen (secondary N) is 2. The molecule has 2 N–H and O–H groups in total. The largest absolute Gasteiger partial charge is 0.477 e. The standard InChI is InChI=1S/C13H25N3O.H2S/c1-5-6-7-8-9-17-13(15)12(14)11(2)10-16(3)4;/h14-15H,2,5-10H2,1,3-4H3;1H2. The molecule has 0 fully saturated rings. The third kappa shape index (κ3) is 9.24. The Kier molecular flexibility index (Phi) is 12.2. The van der Waals surface area contributed by atoms with Crippen LogP contribution >= 0.6 is 13.5 Å². The molecule has 0 bridgehead atoms. The van der Waals surface area contributed by atoms with Gasteiger partial charge in [0.1, 0.15) is 5.71 Å². The zero-order valence-electron chi connectivity index (χ0n) is 11.8. The van der Waals surface area contributed by atoms with Gasteiger partial charge in [-0.3, -0.25) is 10.8 Å². The number of likely N-dealkylation sites (N-methyl/N-ethyl adjacent to an activating group) is 1. The topological polar surface area (TPSA) is 60.2 Å². The normalized spacial score (nSPS) is 9.78. The van der Waals surface area contributed by atoms with Crippen molar-refractivity contribution in [2.45, 2.75) is 32.6 Å². The van der Waals surface area contributed by atoms with E-state index in [0.717, 1.165) is 12.8 Å². The van der Waals surface area contributed by atoms with Crippen molar-refractivity contribution < 1.29 is 4.74 Å². The molecule has 0 heterocycles. The van der Waals surface area contributed by atoms with Crippen LogP contribution in [0.2, 0.25) is 0 Å². The second-order valence-corrected chi connectivity index (χ2v) is 4.45. The summed E-state index contributed by atoms with van der Waals surface area (Å²) in [5, 5.41) is 15.4. The van der Waals surface area contributed by atoms with Gasteiger partial charge in [0.15, 0.2) is 0 Å².